The van der Waals surface area contributed by atoms with Crippen molar-refractivity contribution in [1.82, 2.24) is 9.13 Å². The van der Waals surface area contributed by atoms with Crippen LogP contribution in [-0.4, -0.2) is 35.3 Å². The van der Waals surface area contributed by atoms with Crippen molar-refractivity contribution in [2.45, 2.75) is 77.3 Å². The Hall–Kier alpha value is -3.56. The van der Waals surface area contributed by atoms with Gasteiger partial charge in [0.1, 0.15) is 15.5 Å². The second kappa shape index (κ2) is 13.4. The SMILES string of the molecule is Cc1cn(C2CC(N)C(C(OC(C)(C)C)[SiH](c3ccccc3)c3ccccc3)C2)c(=O)n(COCc2ccccc2)c1=O. The summed E-state index contributed by atoms with van der Waals surface area (Å²) in [5.74, 6) is 0.0308. The third-order valence-electron chi connectivity index (χ3n) is 8.29. The van der Waals surface area contributed by atoms with Gasteiger partial charge < -0.3 is 15.2 Å². The fraction of sp³-hybridized carbons (Fsp3) is 0.371. The van der Waals surface area contributed by atoms with Crippen LogP contribution in [0.4, 0.5) is 0 Å². The second-order valence-corrected chi connectivity index (χ2v) is 15.6. The lowest BCUT2D eigenvalue weighted by molar-refractivity contribution is -0.0496. The van der Waals surface area contributed by atoms with Gasteiger partial charge in [-0.25, -0.2) is 9.36 Å². The molecule has 1 fully saturated rings. The molecular weight excluding hydrogens is 554 g/mol. The Balaban J connectivity index is 1.47. The van der Waals surface area contributed by atoms with Crippen LogP contribution in [0, 0.1) is 12.8 Å². The minimum absolute atomic E-state index is 0.0308. The van der Waals surface area contributed by atoms with Gasteiger partial charge in [0.25, 0.3) is 5.56 Å². The summed E-state index contributed by atoms with van der Waals surface area (Å²) in [7, 11) is -1.93. The predicted molar refractivity (Wildman–Crippen MR) is 175 cm³/mol. The molecule has 3 aromatic carbocycles. The standard InChI is InChI=1S/C35H43N3O4Si/c1-25-22-37(34(40)38(32(25)39)24-41-23-26-14-8-5-9-15-26)27-20-30(31(36)21-27)33(42-35(2,3)4)43(28-16-10-6-11-17-28)29-18-12-7-13-19-29/h5-19,22,27,30-31,33,43H,20-21,23-24,36H2,1-4H3. The molecule has 1 aliphatic carbocycles. The van der Waals surface area contributed by atoms with Gasteiger partial charge in [-0.1, -0.05) is 101 Å². The van der Waals surface area contributed by atoms with Crippen LogP contribution >= 0.6 is 0 Å². The average molecular weight is 598 g/mol. The van der Waals surface area contributed by atoms with E-state index in [0.29, 0.717) is 25.0 Å². The van der Waals surface area contributed by atoms with Crippen LogP contribution in [0.5, 0.6) is 0 Å². The highest BCUT2D eigenvalue weighted by Crippen LogP contribution is 2.38. The Bertz CT molecular complexity index is 1560. The van der Waals surface area contributed by atoms with E-state index < -0.39 is 8.80 Å². The Morgan fingerprint density at radius 2 is 1.44 bits per heavy atom. The summed E-state index contributed by atoms with van der Waals surface area (Å²) in [6.07, 6.45) is 3.01. The lowest BCUT2D eigenvalue weighted by atomic mass is 10.0. The molecule has 1 aromatic heterocycles. The maximum atomic E-state index is 13.7. The highest BCUT2D eigenvalue weighted by atomic mass is 28.3. The summed E-state index contributed by atoms with van der Waals surface area (Å²) in [6, 6.07) is 30.7. The molecule has 7 nitrogen and oxygen atoms in total. The maximum Gasteiger partial charge on any atom is 0.333 e. The van der Waals surface area contributed by atoms with E-state index in [4.69, 9.17) is 15.2 Å². The van der Waals surface area contributed by atoms with Gasteiger partial charge >= 0.3 is 5.69 Å². The number of benzene rings is 3. The van der Waals surface area contributed by atoms with Crippen LogP contribution in [-0.2, 0) is 22.8 Å². The van der Waals surface area contributed by atoms with Crippen molar-refractivity contribution in [3.63, 3.8) is 0 Å². The van der Waals surface area contributed by atoms with Crippen molar-refractivity contribution in [2.75, 3.05) is 0 Å². The van der Waals surface area contributed by atoms with Crippen molar-refractivity contribution in [3.8, 4) is 0 Å². The fourth-order valence-corrected chi connectivity index (χ4v) is 10.2. The molecule has 1 heterocycles. The Kier molecular flexibility index (Phi) is 9.61. The first-order valence-electron chi connectivity index (χ1n) is 15.1. The Morgan fingerprint density at radius 1 is 0.884 bits per heavy atom. The maximum absolute atomic E-state index is 13.7. The van der Waals surface area contributed by atoms with Crippen molar-refractivity contribution < 1.29 is 9.47 Å². The molecule has 0 amide bonds. The van der Waals surface area contributed by atoms with Gasteiger partial charge in [0, 0.05) is 23.8 Å². The van der Waals surface area contributed by atoms with Crippen LogP contribution in [0.2, 0.25) is 0 Å². The third-order valence-corrected chi connectivity index (χ3v) is 11.8. The van der Waals surface area contributed by atoms with Crippen LogP contribution in [0.1, 0.15) is 50.8 Å². The van der Waals surface area contributed by atoms with Crippen molar-refractivity contribution in [3.05, 3.63) is 129 Å². The molecule has 0 radical (unpaired) electrons. The first-order valence-corrected chi connectivity index (χ1v) is 16.9. The van der Waals surface area contributed by atoms with E-state index in [1.807, 2.05) is 42.5 Å². The number of aromatic nitrogens is 2. The molecule has 5 rings (SSSR count). The number of nitrogens with zero attached hydrogens (tertiary/aromatic N) is 2. The van der Waals surface area contributed by atoms with E-state index in [1.54, 1.807) is 17.7 Å². The number of ether oxygens (including phenoxy) is 2. The van der Waals surface area contributed by atoms with E-state index in [0.717, 1.165) is 5.56 Å². The molecule has 8 heteroatoms. The summed E-state index contributed by atoms with van der Waals surface area (Å²) < 4.78 is 15.7. The number of aryl methyl sites for hydroxylation is 1. The fourth-order valence-electron chi connectivity index (χ4n) is 6.35. The van der Waals surface area contributed by atoms with Crippen LogP contribution in [0.3, 0.4) is 0 Å². The largest absolute Gasteiger partial charge is 0.375 e. The van der Waals surface area contributed by atoms with Crippen LogP contribution in [0.15, 0.2) is 107 Å². The molecule has 226 valence electrons. The molecule has 0 bridgehead atoms. The van der Waals surface area contributed by atoms with Crippen LogP contribution < -0.4 is 27.4 Å². The van der Waals surface area contributed by atoms with Gasteiger partial charge in [-0.05, 0) is 52.0 Å². The molecule has 1 saturated carbocycles. The predicted octanol–water partition coefficient (Wildman–Crippen LogP) is 3.54. The molecule has 0 aliphatic heterocycles. The van der Waals surface area contributed by atoms with E-state index in [9.17, 15) is 9.59 Å². The second-order valence-electron chi connectivity index (χ2n) is 12.6. The number of hydrogen-bond donors (Lipinski definition) is 1. The zero-order valence-corrected chi connectivity index (χ0v) is 26.7. The molecule has 2 N–H and O–H groups in total. The minimum Gasteiger partial charge on any atom is -0.375 e. The first kappa shape index (κ1) is 30.9. The normalized spacial score (nSPS) is 19.5. The molecule has 1 aliphatic rings. The monoisotopic (exact) mass is 597 g/mol. The Labute approximate surface area is 255 Å². The van der Waals surface area contributed by atoms with Gasteiger partial charge in [-0.3, -0.25) is 9.36 Å². The van der Waals surface area contributed by atoms with Crippen molar-refractivity contribution in [2.24, 2.45) is 11.7 Å². The summed E-state index contributed by atoms with van der Waals surface area (Å²) >= 11 is 0. The number of nitrogens with two attached hydrogens (primary N) is 1. The topological polar surface area (TPSA) is 88.5 Å². The van der Waals surface area contributed by atoms with Crippen molar-refractivity contribution in [1.29, 1.82) is 0 Å². The lowest BCUT2D eigenvalue weighted by Gasteiger charge is -2.38. The van der Waals surface area contributed by atoms with Gasteiger partial charge in [0.15, 0.2) is 0 Å². The highest BCUT2D eigenvalue weighted by molar-refractivity contribution is 6.86. The minimum atomic E-state index is -1.93. The lowest BCUT2D eigenvalue weighted by Crippen LogP contribution is -2.59. The summed E-state index contributed by atoms with van der Waals surface area (Å²) in [5, 5.41) is 2.60. The van der Waals surface area contributed by atoms with E-state index >= 15 is 0 Å². The molecule has 0 spiro atoms. The zero-order chi connectivity index (χ0) is 30.6. The average Bonchev–Trinajstić information content (AvgIpc) is 3.38. The molecule has 4 aromatic rings. The molecule has 43 heavy (non-hydrogen) atoms. The smallest absolute Gasteiger partial charge is 0.333 e. The molecular formula is C35H43N3O4Si. The van der Waals surface area contributed by atoms with Gasteiger partial charge in [0.05, 0.1) is 17.9 Å². The molecule has 4 unspecified atom stereocenters. The summed E-state index contributed by atoms with van der Waals surface area (Å²) in [5.41, 5.74) is 7.26. The summed E-state index contributed by atoms with van der Waals surface area (Å²) in [4.78, 5) is 26.8. The first-order chi connectivity index (χ1) is 20.6. The van der Waals surface area contributed by atoms with Crippen LogP contribution in [0.25, 0.3) is 0 Å². The quantitative estimate of drug-likeness (QED) is 0.283. The summed E-state index contributed by atoms with van der Waals surface area (Å²) in [6.45, 7) is 8.24. The van der Waals surface area contributed by atoms with E-state index in [1.165, 1.54) is 14.9 Å². The number of rotatable bonds is 10. The van der Waals surface area contributed by atoms with Gasteiger partial charge in [-0.2, -0.15) is 0 Å². The highest BCUT2D eigenvalue weighted by Gasteiger charge is 2.45. The molecule has 0 saturated heterocycles. The Morgan fingerprint density at radius 3 is 2.00 bits per heavy atom. The van der Waals surface area contributed by atoms with E-state index in [-0.39, 0.29) is 47.3 Å². The van der Waals surface area contributed by atoms with Gasteiger partial charge in [0.2, 0.25) is 0 Å². The van der Waals surface area contributed by atoms with Gasteiger partial charge in [-0.15, -0.1) is 0 Å². The van der Waals surface area contributed by atoms with E-state index in [2.05, 4.69) is 69.3 Å². The third kappa shape index (κ3) is 7.33. The zero-order valence-electron chi connectivity index (χ0n) is 25.6. The number of hydrogen-bond acceptors (Lipinski definition) is 5. The molecule has 4 atom stereocenters. The van der Waals surface area contributed by atoms with Crippen molar-refractivity contribution >= 4 is 19.2 Å².